The second-order valence-corrected chi connectivity index (χ2v) is 3.38. The lowest BCUT2D eigenvalue weighted by Gasteiger charge is -2.01. The van der Waals surface area contributed by atoms with Crippen LogP contribution in [-0.2, 0) is 4.79 Å². The molecule has 0 aliphatic heterocycles. The Balaban J connectivity index is 2.46. The molecule has 0 aliphatic carbocycles. The molecule has 0 bridgehead atoms. The van der Waals surface area contributed by atoms with E-state index in [1.807, 2.05) is 0 Å². The zero-order valence-corrected chi connectivity index (χ0v) is 8.91. The lowest BCUT2D eigenvalue weighted by molar-refractivity contribution is -0.384. The number of hydrogen-bond acceptors (Lipinski definition) is 5. The van der Waals surface area contributed by atoms with E-state index in [2.05, 4.69) is 4.98 Å². The Morgan fingerprint density at radius 2 is 2.12 bits per heavy atom. The molecule has 1 heterocycles. The van der Waals surface area contributed by atoms with Gasteiger partial charge in [0.05, 0.1) is 10.4 Å². The van der Waals surface area contributed by atoms with Gasteiger partial charge in [-0.05, 0) is 12.1 Å². The number of carbonyl (C=O) groups is 1. The van der Waals surface area contributed by atoms with Gasteiger partial charge in [0.15, 0.2) is 0 Å². The average molecular weight is 232 g/mol. The Morgan fingerprint density at radius 3 is 2.76 bits per heavy atom. The van der Waals surface area contributed by atoms with Gasteiger partial charge in [0.1, 0.15) is 0 Å². The lowest BCUT2D eigenvalue weighted by Crippen LogP contribution is -2.02. The minimum absolute atomic E-state index is 0.000429. The zero-order valence-electron chi connectivity index (χ0n) is 8.91. The maximum absolute atomic E-state index is 10.7. The molecule has 6 nitrogen and oxygen atoms in total. The van der Waals surface area contributed by atoms with Crippen LogP contribution in [-0.4, -0.2) is 15.9 Å². The highest BCUT2D eigenvalue weighted by Gasteiger charge is 2.08. The second kappa shape index (κ2) is 4.17. The van der Waals surface area contributed by atoms with Crippen LogP contribution in [0.25, 0.3) is 10.9 Å². The summed E-state index contributed by atoms with van der Waals surface area (Å²) >= 11 is 0. The number of aromatic nitrogens is 1. The van der Waals surface area contributed by atoms with E-state index in [-0.39, 0.29) is 11.6 Å². The largest absolute Gasteiger partial charge is 0.408 e. The van der Waals surface area contributed by atoms with Crippen molar-refractivity contribution in [3.63, 3.8) is 0 Å². The van der Waals surface area contributed by atoms with Crippen molar-refractivity contribution in [2.45, 2.75) is 6.92 Å². The van der Waals surface area contributed by atoms with E-state index < -0.39 is 10.9 Å². The molecule has 0 N–H and O–H groups in total. The molecule has 86 valence electrons. The third-order valence-electron chi connectivity index (χ3n) is 2.11. The van der Waals surface area contributed by atoms with Crippen molar-refractivity contribution in [3.05, 3.63) is 40.4 Å². The number of carbonyl (C=O) groups excluding carboxylic acids is 1. The Kier molecular flexibility index (Phi) is 2.70. The van der Waals surface area contributed by atoms with Crippen molar-refractivity contribution in [1.29, 1.82) is 0 Å². The monoisotopic (exact) mass is 232 g/mol. The van der Waals surface area contributed by atoms with E-state index in [9.17, 15) is 14.9 Å². The van der Waals surface area contributed by atoms with Gasteiger partial charge in [-0.25, -0.2) is 4.98 Å². The van der Waals surface area contributed by atoms with Gasteiger partial charge >= 0.3 is 5.97 Å². The number of benzene rings is 1. The summed E-state index contributed by atoms with van der Waals surface area (Å²) in [5, 5.41) is 11.2. The molecule has 6 heteroatoms. The molecule has 0 unspecified atom stereocenters. The van der Waals surface area contributed by atoms with Crippen LogP contribution in [0.15, 0.2) is 30.3 Å². The highest BCUT2D eigenvalue weighted by molar-refractivity contribution is 5.82. The molecule has 0 aliphatic rings. The standard InChI is InChI=1S/C11H8N2O4/c1-7(14)17-11-5-2-8-6-9(13(15)16)3-4-10(8)12-11/h2-6H,1H3. The van der Waals surface area contributed by atoms with E-state index in [4.69, 9.17) is 4.74 Å². The molecule has 0 spiro atoms. The van der Waals surface area contributed by atoms with E-state index in [0.717, 1.165) is 0 Å². The first-order valence-corrected chi connectivity index (χ1v) is 4.80. The molecule has 0 saturated heterocycles. The first-order valence-electron chi connectivity index (χ1n) is 4.80. The van der Waals surface area contributed by atoms with E-state index >= 15 is 0 Å². The normalized spacial score (nSPS) is 10.2. The van der Waals surface area contributed by atoms with Crippen molar-refractivity contribution in [3.8, 4) is 5.88 Å². The first kappa shape index (κ1) is 11.0. The summed E-state index contributed by atoms with van der Waals surface area (Å²) in [7, 11) is 0. The van der Waals surface area contributed by atoms with Gasteiger partial charge in [0.2, 0.25) is 5.88 Å². The third kappa shape index (κ3) is 2.36. The summed E-state index contributed by atoms with van der Waals surface area (Å²) in [5.41, 5.74) is 0.536. The van der Waals surface area contributed by atoms with Crippen LogP contribution in [0.4, 0.5) is 5.69 Å². The van der Waals surface area contributed by atoms with Crippen LogP contribution >= 0.6 is 0 Å². The fourth-order valence-corrected chi connectivity index (χ4v) is 1.41. The third-order valence-corrected chi connectivity index (χ3v) is 2.11. The number of hydrogen-bond donors (Lipinski definition) is 0. The molecule has 0 fully saturated rings. The molecule has 0 radical (unpaired) electrons. The van der Waals surface area contributed by atoms with Crippen molar-refractivity contribution < 1.29 is 14.5 Å². The van der Waals surface area contributed by atoms with Gasteiger partial charge in [0, 0.05) is 30.5 Å². The first-order chi connectivity index (χ1) is 8.06. The van der Waals surface area contributed by atoms with E-state index in [0.29, 0.717) is 10.9 Å². The molecular weight excluding hydrogens is 224 g/mol. The van der Waals surface area contributed by atoms with Crippen LogP contribution in [0.3, 0.4) is 0 Å². The zero-order chi connectivity index (χ0) is 12.4. The van der Waals surface area contributed by atoms with Crippen LogP contribution in [0, 0.1) is 10.1 Å². The van der Waals surface area contributed by atoms with Crippen LogP contribution in [0.2, 0.25) is 0 Å². The average Bonchev–Trinajstić information content (AvgIpc) is 2.27. The molecule has 0 saturated carbocycles. The Labute approximate surface area is 96.0 Å². The van der Waals surface area contributed by atoms with Crippen molar-refractivity contribution in [2.75, 3.05) is 0 Å². The van der Waals surface area contributed by atoms with Crippen LogP contribution < -0.4 is 4.74 Å². The number of nitro groups is 1. The van der Waals surface area contributed by atoms with Crippen LogP contribution in [0.5, 0.6) is 5.88 Å². The van der Waals surface area contributed by atoms with Crippen LogP contribution in [0.1, 0.15) is 6.92 Å². The van der Waals surface area contributed by atoms with E-state index in [1.54, 1.807) is 6.07 Å². The highest BCUT2D eigenvalue weighted by Crippen LogP contribution is 2.21. The van der Waals surface area contributed by atoms with Gasteiger partial charge in [0.25, 0.3) is 5.69 Å². The number of non-ortho nitro benzene ring substituents is 1. The summed E-state index contributed by atoms with van der Waals surface area (Å²) in [4.78, 5) is 24.9. The van der Waals surface area contributed by atoms with Crippen molar-refractivity contribution in [2.24, 2.45) is 0 Å². The number of nitrogens with zero attached hydrogens (tertiary/aromatic N) is 2. The Hall–Kier alpha value is -2.50. The van der Waals surface area contributed by atoms with Gasteiger partial charge < -0.3 is 4.74 Å². The molecule has 17 heavy (non-hydrogen) atoms. The molecule has 2 aromatic rings. The number of esters is 1. The molecule has 1 aromatic carbocycles. The number of nitro benzene ring substituents is 1. The Morgan fingerprint density at radius 1 is 1.35 bits per heavy atom. The highest BCUT2D eigenvalue weighted by atomic mass is 16.6. The fraction of sp³-hybridized carbons (Fsp3) is 0.0909. The summed E-state index contributed by atoms with van der Waals surface area (Å²) in [6.45, 7) is 1.28. The molecule has 0 amide bonds. The van der Waals surface area contributed by atoms with Gasteiger partial charge in [-0.3, -0.25) is 14.9 Å². The van der Waals surface area contributed by atoms with Gasteiger partial charge in [-0.2, -0.15) is 0 Å². The maximum atomic E-state index is 10.7. The number of rotatable bonds is 2. The SMILES string of the molecule is CC(=O)Oc1ccc2cc([N+](=O)[O-])ccc2n1. The number of pyridine rings is 1. The van der Waals surface area contributed by atoms with Gasteiger partial charge in [-0.15, -0.1) is 0 Å². The smallest absolute Gasteiger partial charge is 0.309 e. The van der Waals surface area contributed by atoms with Crippen molar-refractivity contribution in [1.82, 2.24) is 4.98 Å². The number of ether oxygens (including phenoxy) is 1. The molecule has 1 aromatic heterocycles. The predicted molar refractivity (Wildman–Crippen MR) is 59.7 cm³/mol. The number of fused-ring (bicyclic) bond motifs is 1. The topological polar surface area (TPSA) is 82.3 Å². The Bertz CT molecular complexity index is 609. The van der Waals surface area contributed by atoms with Gasteiger partial charge in [-0.1, -0.05) is 0 Å². The second-order valence-electron chi connectivity index (χ2n) is 3.38. The molecular formula is C11H8N2O4. The minimum atomic E-state index is -0.473. The fourth-order valence-electron chi connectivity index (χ4n) is 1.41. The quantitative estimate of drug-likeness (QED) is 0.449. The van der Waals surface area contributed by atoms with Crippen molar-refractivity contribution >= 4 is 22.6 Å². The summed E-state index contributed by atoms with van der Waals surface area (Å²) < 4.78 is 4.82. The van der Waals surface area contributed by atoms with E-state index in [1.165, 1.54) is 31.2 Å². The summed E-state index contributed by atoms with van der Waals surface area (Å²) in [5.74, 6) is -0.280. The summed E-state index contributed by atoms with van der Waals surface area (Å²) in [6, 6.07) is 7.40. The molecule has 0 atom stereocenters. The molecule has 2 rings (SSSR count). The summed E-state index contributed by atoms with van der Waals surface area (Å²) in [6.07, 6.45) is 0. The lowest BCUT2D eigenvalue weighted by atomic mass is 10.2. The maximum Gasteiger partial charge on any atom is 0.309 e. The minimum Gasteiger partial charge on any atom is -0.408 e. The predicted octanol–water partition coefficient (Wildman–Crippen LogP) is 2.07.